The van der Waals surface area contributed by atoms with Gasteiger partial charge in [-0.2, -0.15) is 8.78 Å². The fourth-order valence-corrected chi connectivity index (χ4v) is 5.44. The first-order chi connectivity index (χ1) is 21.8. The first-order valence-corrected chi connectivity index (χ1v) is 14.6. The van der Waals surface area contributed by atoms with E-state index < -0.39 is 53.1 Å². The van der Waals surface area contributed by atoms with E-state index in [0.717, 1.165) is 17.7 Å². The Hall–Kier alpha value is -4.49. The Kier molecular flexibility index (Phi) is 9.36. The minimum Gasteiger partial charge on any atom is -0.491 e. The van der Waals surface area contributed by atoms with Gasteiger partial charge in [0.2, 0.25) is 5.91 Å². The number of hydrogen-bond donors (Lipinski definition) is 3. The molecule has 5 rings (SSSR count). The third-order valence-corrected chi connectivity index (χ3v) is 7.86. The summed E-state index contributed by atoms with van der Waals surface area (Å²) in [6.45, 7) is -0.129. The summed E-state index contributed by atoms with van der Waals surface area (Å²) in [5.74, 6) is -4.91. The summed E-state index contributed by atoms with van der Waals surface area (Å²) < 4.78 is 66.5. The predicted octanol–water partition coefficient (Wildman–Crippen LogP) is 5.59. The van der Waals surface area contributed by atoms with E-state index in [4.69, 9.17) is 22.1 Å². The molecule has 1 atom stereocenters. The van der Waals surface area contributed by atoms with Crippen LogP contribution in [0.3, 0.4) is 0 Å². The van der Waals surface area contributed by atoms with Gasteiger partial charge in [0.25, 0.3) is 5.91 Å². The first-order valence-electron chi connectivity index (χ1n) is 14.3. The normalized spacial score (nSPS) is 14.3. The quantitative estimate of drug-likeness (QED) is 0.133. The van der Waals surface area contributed by atoms with Gasteiger partial charge in [-0.05, 0) is 74.6 Å². The minimum atomic E-state index is -3.17. The van der Waals surface area contributed by atoms with Crippen LogP contribution in [0.4, 0.5) is 17.6 Å². The molecule has 2 heterocycles. The van der Waals surface area contributed by atoms with Gasteiger partial charge in [-0.1, -0.05) is 11.6 Å². The molecular weight excluding hydrogens is 632 g/mol. The molecule has 242 valence electrons. The van der Waals surface area contributed by atoms with Crippen LogP contribution in [-0.2, 0) is 16.8 Å². The highest BCUT2D eigenvalue weighted by molar-refractivity contribution is 6.30. The summed E-state index contributed by atoms with van der Waals surface area (Å²) in [5.41, 5.74) is 3.99. The number of nitrogens with zero attached hydrogens (tertiary/aromatic N) is 2. The van der Waals surface area contributed by atoms with Crippen molar-refractivity contribution >= 4 is 34.3 Å². The van der Waals surface area contributed by atoms with Crippen molar-refractivity contribution in [3.8, 4) is 22.8 Å². The number of fused-ring (bicyclic) bond motifs is 1. The number of primary amides is 1. The van der Waals surface area contributed by atoms with E-state index in [1.165, 1.54) is 24.4 Å². The highest BCUT2D eigenvalue weighted by atomic mass is 35.5. The Morgan fingerprint density at radius 1 is 1.17 bits per heavy atom. The number of nitrogens with one attached hydrogen (secondary N) is 1. The van der Waals surface area contributed by atoms with Gasteiger partial charge in [0, 0.05) is 28.3 Å². The number of nitrogens with two attached hydrogens (primary N) is 1. The lowest BCUT2D eigenvalue weighted by atomic mass is 9.90. The summed E-state index contributed by atoms with van der Waals surface area (Å²) in [7, 11) is 0. The molecule has 1 aliphatic rings. The van der Waals surface area contributed by atoms with Gasteiger partial charge < -0.3 is 25.6 Å². The van der Waals surface area contributed by atoms with Crippen molar-refractivity contribution in [2.24, 2.45) is 11.7 Å². The van der Waals surface area contributed by atoms with Gasteiger partial charge in [-0.3, -0.25) is 14.6 Å². The van der Waals surface area contributed by atoms with Crippen LogP contribution in [0.2, 0.25) is 5.02 Å². The number of pyridine rings is 2. The Morgan fingerprint density at radius 3 is 2.57 bits per heavy atom. The topological polar surface area (TPSA) is 137 Å². The van der Waals surface area contributed by atoms with Gasteiger partial charge >= 0.3 is 6.61 Å². The fourth-order valence-electron chi connectivity index (χ4n) is 5.29. The van der Waals surface area contributed by atoms with Crippen molar-refractivity contribution in [2.75, 3.05) is 13.2 Å². The number of carbonyl (C=O) groups is 2. The number of rotatable bonds is 12. The number of aryl methyl sites for hydroxylation is 1. The molecule has 2 aromatic heterocycles. The number of benzene rings is 2. The van der Waals surface area contributed by atoms with Crippen LogP contribution in [0.1, 0.15) is 46.9 Å². The standard InChI is InChI=1S/C32H29ClF4N4O5/c1-3-45-29-17(12-24(38)42)11-23(41-28(29)20-6-7-21(33)26(35)25(20)34)32(44,19-4-5-19)14-40-30(43)18-9-16-8-15(2)13-39-27(16)22(10-18)46-31(36)37/h6-11,13,19,31,44H,3-5,12,14H2,1-2H3,(H2,38,42)(H,40,43)/t32-/m1/s1. The smallest absolute Gasteiger partial charge is 0.387 e. The van der Waals surface area contributed by atoms with E-state index in [9.17, 15) is 27.9 Å². The van der Waals surface area contributed by atoms with Crippen LogP contribution in [0.15, 0.2) is 42.6 Å². The molecule has 0 saturated heterocycles. The zero-order chi connectivity index (χ0) is 33.3. The van der Waals surface area contributed by atoms with Crippen LogP contribution < -0.4 is 20.5 Å². The number of amides is 2. The Bertz CT molecular complexity index is 1840. The molecule has 1 saturated carbocycles. The minimum absolute atomic E-state index is 0.0397. The molecule has 9 nitrogen and oxygen atoms in total. The van der Waals surface area contributed by atoms with E-state index in [1.54, 1.807) is 19.9 Å². The number of alkyl halides is 2. The zero-order valence-corrected chi connectivity index (χ0v) is 25.4. The number of halogens is 5. The summed E-state index contributed by atoms with van der Waals surface area (Å²) in [6.07, 6.45) is 2.17. The average Bonchev–Trinajstić information content (AvgIpc) is 3.85. The summed E-state index contributed by atoms with van der Waals surface area (Å²) >= 11 is 5.77. The lowest BCUT2D eigenvalue weighted by Crippen LogP contribution is -2.43. The largest absolute Gasteiger partial charge is 0.491 e. The molecule has 4 N–H and O–H groups in total. The molecule has 0 radical (unpaired) electrons. The zero-order valence-electron chi connectivity index (χ0n) is 24.7. The maximum atomic E-state index is 15.2. The van der Waals surface area contributed by atoms with Crippen LogP contribution in [-0.4, -0.2) is 46.7 Å². The molecule has 0 spiro atoms. The Balaban J connectivity index is 1.57. The van der Waals surface area contributed by atoms with Gasteiger partial charge in [-0.25, -0.2) is 13.8 Å². The van der Waals surface area contributed by atoms with Gasteiger partial charge in [-0.15, -0.1) is 0 Å². The van der Waals surface area contributed by atoms with Gasteiger partial charge in [0.05, 0.1) is 30.3 Å². The third kappa shape index (κ3) is 6.70. The lowest BCUT2D eigenvalue weighted by molar-refractivity contribution is -0.117. The molecule has 1 aliphatic carbocycles. The highest BCUT2D eigenvalue weighted by Gasteiger charge is 2.47. The average molecular weight is 661 g/mol. The van der Waals surface area contributed by atoms with Crippen LogP contribution in [0.25, 0.3) is 22.2 Å². The fraction of sp³-hybridized carbons (Fsp3) is 0.312. The molecular formula is C32H29ClF4N4O5. The maximum absolute atomic E-state index is 15.2. The highest BCUT2D eigenvalue weighted by Crippen LogP contribution is 2.47. The Morgan fingerprint density at radius 2 is 1.91 bits per heavy atom. The van der Waals surface area contributed by atoms with Crippen LogP contribution in [0.5, 0.6) is 11.5 Å². The van der Waals surface area contributed by atoms with E-state index in [-0.39, 0.29) is 58.1 Å². The van der Waals surface area contributed by atoms with Crippen molar-refractivity contribution in [1.82, 2.24) is 15.3 Å². The SMILES string of the molecule is CCOc1c(CC(N)=O)cc([C@@](O)(CNC(=O)c2cc(OC(F)F)c3ncc(C)cc3c2)C2CC2)nc1-c1ccc(Cl)c(F)c1F. The molecule has 1 fully saturated rings. The third-order valence-electron chi connectivity index (χ3n) is 7.57. The summed E-state index contributed by atoms with van der Waals surface area (Å²) in [6, 6.07) is 7.94. The molecule has 2 amide bonds. The molecule has 4 aromatic rings. The van der Waals surface area contributed by atoms with Crippen molar-refractivity contribution in [1.29, 1.82) is 0 Å². The van der Waals surface area contributed by atoms with Crippen LogP contribution in [0, 0.1) is 24.5 Å². The maximum Gasteiger partial charge on any atom is 0.387 e. The second kappa shape index (κ2) is 13.1. The number of aromatic nitrogens is 2. The van der Waals surface area contributed by atoms with Crippen molar-refractivity contribution in [2.45, 2.75) is 45.3 Å². The van der Waals surface area contributed by atoms with Crippen molar-refractivity contribution in [3.63, 3.8) is 0 Å². The second-order valence-electron chi connectivity index (χ2n) is 11.0. The van der Waals surface area contributed by atoms with Crippen LogP contribution >= 0.6 is 11.6 Å². The van der Waals surface area contributed by atoms with E-state index in [1.807, 2.05) is 0 Å². The summed E-state index contributed by atoms with van der Waals surface area (Å²) in [5, 5.41) is 14.6. The number of carbonyl (C=O) groups excluding carboxylic acids is 2. The molecule has 0 bridgehead atoms. The molecule has 2 aromatic carbocycles. The number of ether oxygens (including phenoxy) is 2. The predicted molar refractivity (Wildman–Crippen MR) is 161 cm³/mol. The van der Waals surface area contributed by atoms with E-state index >= 15 is 4.39 Å². The number of aliphatic hydroxyl groups is 1. The molecule has 0 aliphatic heterocycles. The van der Waals surface area contributed by atoms with Crippen molar-refractivity contribution < 1.29 is 41.7 Å². The monoisotopic (exact) mass is 660 g/mol. The Labute approximate surface area is 265 Å². The molecule has 0 unspecified atom stereocenters. The molecule has 46 heavy (non-hydrogen) atoms. The van der Waals surface area contributed by atoms with E-state index in [0.29, 0.717) is 18.2 Å². The lowest BCUT2D eigenvalue weighted by Gasteiger charge is -2.30. The van der Waals surface area contributed by atoms with Crippen molar-refractivity contribution in [3.05, 3.63) is 81.6 Å². The second-order valence-corrected chi connectivity index (χ2v) is 11.4. The van der Waals surface area contributed by atoms with Gasteiger partial charge in [0.1, 0.15) is 22.6 Å². The number of hydrogen-bond acceptors (Lipinski definition) is 7. The summed E-state index contributed by atoms with van der Waals surface area (Å²) in [4.78, 5) is 34.1. The van der Waals surface area contributed by atoms with E-state index in [2.05, 4.69) is 20.0 Å². The molecule has 14 heteroatoms. The first kappa shape index (κ1) is 32.9. The van der Waals surface area contributed by atoms with Gasteiger partial charge in [0.15, 0.2) is 17.4 Å².